The predicted molar refractivity (Wildman–Crippen MR) is 109 cm³/mol. The Bertz CT molecular complexity index is 961. The van der Waals surface area contributed by atoms with Gasteiger partial charge in [0.05, 0.1) is 15.1 Å². The van der Waals surface area contributed by atoms with Crippen LogP contribution in [0.25, 0.3) is 0 Å². The number of nitrogens with one attached hydrogen (secondary N) is 1. The zero-order valence-corrected chi connectivity index (χ0v) is 17.1. The van der Waals surface area contributed by atoms with Crippen molar-refractivity contribution < 1.29 is 14.6 Å². The first-order valence-corrected chi connectivity index (χ1v) is 9.42. The third-order valence-corrected chi connectivity index (χ3v) is 4.82. The molecule has 132 valence electrons. The number of hydrogen-bond donors (Lipinski definition) is 2. The largest absolute Gasteiger partial charge is 0.506 e. The van der Waals surface area contributed by atoms with Gasteiger partial charge in [0, 0.05) is 10.2 Å². The predicted octanol–water partition coefficient (Wildman–Crippen LogP) is 6.62. The number of carbonyl (C=O) groups is 1. The second-order valence-corrected chi connectivity index (χ2v) is 7.47. The summed E-state index contributed by atoms with van der Waals surface area (Å²) in [7, 11) is 0. The summed E-state index contributed by atoms with van der Waals surface area (Å²) in [5.74, 6) is 0.590. The highest BCUT2D eigenvalue weighted by molar-refractivity contribution is 9.11. The van der Waals surface area contributed by atoms with Gasteiger partial charge in [-0.25, -0.2) is 0 Å². The average Bonchev–Trinajstić information content (AvgIpc) is 2.61. The number of ether oxygens (including phenoxy) is 1. The Labute approximate surface area is 172 Å². The molecule has 3 aromatic rings. The number of phenolic OH excluding ortho intramolecular Hbond substituents is 1. The van der Waals surface area contributed by atoms with Crippen molar-refractivity contribution in [2.24, 2.45) is 0 Å². The van der Waals surface area contributed by atoms with Crippen LogP contribution in [0.3, 0.4) is 0 Å². The summed E-state index contributed by atoms with van der Waals surface area (Å²) in [6.07, 6.45) is 0. The van der Waals surface area contributed by atoms with Gasteiger partial charge in [-0.15, -0.1) is 0 Å². The lowest BCUT2D eigenvalue weighted by molar-refractivity contribution is 0.102. The van der Waals surface area contributed by atoms with Crippen molar-refractivity contribution in [3.05, 3.63) is 80.2 Å². The number of carbonyl (C=O) groups excluding carboxylic acids is 1. The molecule has 0 saturated heterocycles. The van der Waals surface area contributed by atoms with Gasteiger partial charge in [0.15, 0.2) is 0 Å². The van der Waals surface area contributed by atoms with E-state index in [1.165, 1.54) is 0 Å². The molecule has 0 aromatic heterocycles. The second-order valence-electron chi connectivity index (χ2n) is 5.29. The molecule has 1 amide bonds. The molecule has 0 aliphatic carbocycles. The van der Waals surface area contributed by atoms with Crippen molar-refractivity contribution in [3.63, 3.8) is 0 Å². The van der Waals surface area contributed by atoms with E-state index in [9.17, 15) is 9.90 Å². The third kappa shape index (κ3) is 4.38. The smallest absolute Gasteiger partial charge is 0.259 e. The summed E-state index contributed by atoms with van der Waals surface area (Å²) < 4.78 is 6.81. The summed E-state index contributed by atoms with van der Waals surface area (Å²) >= 11 is 12.6. The van der Waals surface area contributed by atoms with Crippen LogP contribution in [-0.4, -0.2) is 11.0 Å². The number of phenols is 1. The molecule has 0 heterocycles. The Hall–Kier alpha value is -2.02. The van der Waals surface area contributed by atoms with E-state index in [1.807, 2.05) is 12.1 Å². The lowest BCUT2D eigenvalue weighted by Crippen LogP contribution is -2.12. The third-order valence-electron chi connectivity index (χ3n) is 3.45. The summed E-state index contributed by atoms with van der Waals surface area (Å²) in [5, 5.41) is 13.3. The molecule has 0 unspecified atom stereocenters. The quantitative estimate of drug-likeness (QED) is 0.426. The molecule has 0 aliphatic heterocycles. The van der Waals surface area contributed by atoms with Gasteiger partial charge in [0.1, 0.15) is 17.2 Å². The van der Waals surface area contributed by atoms with Crippen molar-refractivity contribution in [1.82, 2.24) is 0 Å². The van der Waals surface area contributed by atoms with E-state index >= 15 is 0 Å². The molecular formula is C19H12Br2ClNO3. The first-order chi connectivity index (χ1) is 12.4. The number of amides is 1. The maximum Gasteiger partial charge on any atom is 0.259 e. The van der Waals surface area contributed by atoms with Gasteiger partial charge in [-0.1, -0.05) is 39.7 Å². The van der Waals surface area contributed by atoms with Crippen molar-refractivity contribution in [1.29, 1.82) is 0 Å². The number of benzene rings is 3. The van der Waals surface area contributed by atoms with Crippen LogP contribution in [0.4, 0.5) is 5.69 Å². The van der Waals surface area contributed by atoms with Crippen LogP contribution in [0.15, 0.2) is 69.6 Å². The number of rotatable bonds is 4. The van der Waals surface area contributed by atoms with Gasteiger partial charge in [0.2, 0.25) is 0 Å². The first-order valence-electron chi connectivity index (χ1n) is 7.46. The van der Waals surface area contributed by atoms with Crippen LogP contribution >= 0.6 is 43.5 Å². The van der Waals surface area contributed by atoms with Gasteiger partial charge < -0.3 is 15.2 Å². The first kappa shape index (κ1) is 18.8. The SMILES string of the molecule is O=C(Nc1ccc(Oc2ccccc2Cl)cc1)c1cc(Br)cc(Br)c1O. The van der Waals surface area contributed by atoms with E-state index in [1.54, 1.807) is 48.5 Å². The zero-order valence-electron chi connectivity index (χ0n) is 13.2. The Morgan fingerprint density at radius 1 is 1.04 bits per heavy atom. The Morgan fingerprint density at radius 3 is 2.42 bits per heavy atom. The van der Waals surface area contributed by atoms with Gasteiger partial charge in [-0.05, 0) is 64.5 Å². The maximum absolute atomic E-state index is 12.4. The standard InChI is InChI=1S/C19H12Br2ClNO3/c20-11-9-14(18(24)15(21)10-11)19(25)23-12-5-7-13(8-6-12)26-17-4-2-1-3-16(17)22/h1-10,24H,(H,23,25). The van der Waals surface area contributed by atoms with Crippen LogP contribution in [0, 0.1) is 0 Å². The summed E-state index contributed by atoms with van der Waals surface area (Å²) in [6.45, 7) is 0. The van der Waals surface area contributed by atoms with Crippen LogP contribution in [-0.2, 0) is 0 Å². The lowest BCUT2D eigenvalue weighted by atomic mass is 10.2. The van der Waals surface area contributed by atoms with Crippen molar-refractivity contribution >= 4 is 55.1 Å². The molecule has 26 heavy (non-hydrogen) atoms. The Morgan fingerprint density at radius 2 is 1.73 bits per heavy atom. The van der Waals surface area contributed by atoms with Crippen LogP contribution < -0.4 is 10.1 Å². The van der Waals surface area contributed by atoms with Crippen LogP contribution in [0.1, 0.15) is 10.4 Å². The van der Waals surface area contributed by atoms with E-state index in [0.717, 1.165) is 0 Å². The maximum atomic E-state index is 12.4. The molecule has 7 heteroatoms. The minimum atomic E-state index is -0.427. The Kier molecular flexibility index (Phi) is 5.86. The molecule has 0 atom stereocenters. The van der Waals surface area contributed by atoms with E-state index in [2.05, 4.69) is 37.2 Å². The number of aromatic hydroxyl groups is 1. The highest BCUT2D eigenvalue weighted by Gasteiger charge is 2.15. The summed E-state index contributed by atoms with van der Waals surface area (Å²) in [5.41, 5.74) is 0.722. The van der Waals surface area contributed by atoms with Crippen molar-refractivity contribution in [3.8, 4) is 17.2 Å². The monoisotopic (exact) mass is 495 g/mol. The average molecular weight is 498 g/mol. The highest BCUT2D eigenvalue weighted by atomic mass is 79.9. The molecular weight excluding hydrogens is 485 g/mol. The molecule has 0 saturated carbocycles. The van der Waals surface area contributed by atoms with Gasteiger partial charge in [0.25, 0.3) is 5.91 Å². The molecule has 0 aliphatic rings. The highest BCUT2D eigenvalue weighted by Crippen LogP contribution is 2.33. The van der Waals surface area contributed by atoms with Crippen LogP contribution in [0.2, 0.25) is 5.02 Å². The fraction of sp³-hybridized carbons (Fsp3) is 0. The van der Waals surface area contributed by atoms with Crippen molar-refractivity contribution in [2.75, 3.05) is 5.32 Å². The topological polar surface area (TPSA) is 58.6 Å². The molecule has 0 bridgehead atoms. The summed E-state index contributed by atoms with van der Waals surface area (Å²) in [6, 6.07) is 17.2. The minimum absolute atomic E-state index is 0.121. The zero-order chi connectivity index (χ0) is 18.7. The van der Waals surface area contributed by atoms with Crippen LogP contribution in [0.5, 0.6) is 17.2 Å². The fourth-order valence-corrected chi connectivity index (χ4v) is 3.60. The summed E-state index contributed by atoms with van der Waals surface area (Å²) in [4.78, 5) is 12.4. The van der Waals surface area contributed by atoms with E-state index in [-0.39, 0.29) is 11.3 Å². The molecule has 3 rings (SSSR count). The fourth-order valence-electron chi connectivity index (χ4n) is 2.20. The molecule has 3 aromatic carbocycles. The minimum Gasteiger partial charge on any atom is -0.506 e. The molecule has 2 N–H and O–H groups in total. The van der Waals surface area contributed by atoms with Crippen molar-refractivity contribution in [2.45, 2.75) is 0 Å². The Balaban J connectivity index is 1.73. The van der Waals surface area contributed by atoms with Gasteiger partial charge >= 0.3 is 0 Å². The van der Waals surface area contributed by atoms with E-state index in [4.69, 9.17) is 16.3 Å². The number of halogens is 3. The number of anilines is 1. The van der Waals surface area contributed by atoms with Gasteiger partial charge in [-0.3, -0.25) is 4.79 Å². The molecule has 0 fully saturated rings. The molecule has 4 nitrogen and oxygen atoms in total. The van der Waals surface area contributed by atoms with Gasteiger partial charge in [-0.2, -0.15) is 0 Å². The van der Waals surface area contributed by atoms with E-state index in [0.29, 0.717) is 31.2 Å². The van der Waals surface area contributed by atoms with E-state index < -0.39 is 5.91 Å². The normalized spacial score (nSPS) is 10.4. The number of hydrogen-bond acceptors (Lipinski definition) is 3. The number of para-hydroxylation sites is 1. The lowest BCUT2D eigenvalue weighted by Gasteiger charge is -2.10. The second kappa shape index (κ2) is 8.12. The molecule has 0 radical (unpaired) electrons. The molecule has 0 spiro atoms.